The van der Waals surface area contributed by atoms with Crippen molar-refractivity contribution in [2.24, 2.45) is 0 Å². The Bertz CT molecular complexity index is 314. The summed E-state index contributed by atoms with van der Waals surface area (Å²) in [5.74, 6) is -0.344. The van der Waals surface area contributed by atoms with Gasteiger partial charge in [-0.1, -0.05) is 6.92 Å². The van der Waals surface area contributed by atoms with E-state index < -0.39 is 0 Å². The van der Waals surface area contributed by atoms with E-state index in [2.05, 4.69) is 20.3 Å². The van der Waals surface area contributed by atoms with Crippen LogP contribution in [0.2, 0.25) is 0 Å². The van der Waals surface area contributed by atoms with Crippen LogP contribution in [-0.4, -0.2) is 34.3 Å². The van der Waals surface area contributed by atoms with Gasteiger partial charge in [-0.3, -0.25) is 4.79 Å². The molecule has 0 fully saturated rings. The first-order valence-electron chi connectivity index (χ1n) is 4.04. The Labute approximate surface area is 85.6 Å². The molecule has 1 aromatic heterocycles. The van der Waals surface area contributed by atoms with Crippen molar-refractivity contribution in [1.29, 1.82) is 0 Å². The zero-order chi connectivity index (χ0) is 10.6. The molecule has 0 spiro atoms. The van der Waals surface area contributed by atoms with Gasteiger partial charge in [0.15, 0.2) is 0 Å². The third kappa shape index (κ3) is 2.63. The number of nitrogen functional groups attached to an aromatic ring is 1. The summed E-state index contributed by atoms with van der Waals surface area (Å²) in [6, 6.07) is 0. The molecular weight excluding hydrogens is 204 g/mol. The molecule has 0 saturated carbocycles. The average Bonchev–Trinajstić information content (AvgIpc) is 2.60. The van der Waals surface area contributed by atoms with E-state index in [1.54, 1.807) is 11.8 Å². The summed E-state index contributed by atoms with van der Waals surface area (Å²) in [6.45, 7) is 2.57. The van der Waals surface area contributed by atoms with Crippen molar-refractivity contribution in [1.82, 2.24) is 15.6 Å². The standard InChI is InChI=1S/C7H12N4O2S/c1-4(14-2)3-9-7(12)5-6(8)11-13-10-5/h4H,3H2,1-2H3,(H2,8,11)(H,9,12). The molecule has 1 amide bonds. The summed E-state index contributed by atoms with van der Waals surface area (Å²) >= 11 is 1.66. The summed E-state index contributed by atoms with van der Waals surface area (Å²) in [4.78, 5) is 11.4. The highest BCUT2D eigenvalue weighted by Crippen LogP contribution is 2.05. The first kappa shape index (κ1) is 10.8. The van der Waals surface area contributed by atoms with Gasteiger partial charge in [-0.25, -0.2) is 4.63 Å². The molecule has 0 saturated heterocycles. The number of amides is 1. The summed E-state index contributed by atoms with van der Waals surface area (Å²) in [6.07, 6.45) is 1.98. The molecule has 0 aromatic carbocycles. The first-order chi connectivity index (χ1) is 6.65. The Balaban J connectivity index is 2.47. The minimum Gasteiger partial charge on any atom is -0.379 e. The molecule has 6 nitrogen and oxygen atoms in total. The second kappa shape index (κ2) is 4.85. The molecule has 7 heteroatoms. The van der Waals surface area contributed by atoms with E-state index in [1.807, 2.05) is 13.2 Å². The zero-order valence-electron chi connectivity index (χ0n) is 7.98. The van der Waals surface area contributed by atoms with Gasteiger partial charge in [0.2, 0.25) is 11.5 Å². The number of carbonyl (C=O) groups is 1. The highest BCUT2D eigenvalue weighted by molar-refractivity contribution is 7.99. The summed E-state index contributed by atoms with van der Waals surface area (Å²) in [5.41, 5.74) is 5.39. The van der Waals surface area contributed by atoms with Crippen LogP contribution in [-0.2, 0) is 0 Å². The summed E-state index contributed by atoms with van der Waals surface area (Å²) < 4.78 is 4.31. The maximum Gasteiger partial charge on any atom is 0.277 e. The van der Waals surface area contributed by atoms with E-state index in [1.165, 1.54) is 0 Å². The summed E-state index contributed by atoms with van der Waals surface area (Å²) in [7, 11) is 0. The van der Waals surface area contributed by atoms with Crippen LogP contribution in [0, 0.1) is 0 Å². The number of aromatic nitrogens is 2. The number of nitrogens with two attached hydrogens (primary N) is 1. The van der Waals surface area contributed by atoms with E-state index in [9.17, 15) is 4.79 Å². The van der Waals surface area contributed by atoms with E-state index in [0.29, 0.717) is 11.8 Å². The number of hydrogen-bond donors (Lipinski definition) is 2. The van der Waals surface area contributed by atoms with Crippen molar-refractivity contribution in [2.45, 2.75) is 12.2 Å². The van der Waals surface area contributed by atoms with Gasteiger partial charge in [-0.2, -0.15) is 11.8 Å². The van der Waals surface area contributed by atoms with Crippen molar-refractivity contribution in [3.8, 4) is 0 Å². The van der Waals surface area contributed by atoms with E-state index in [4.69, 9.17) is 5.73 Å². The molecule has 1 unspecified atom stereocenters. The highest BCUT2D eigenvalue weighted by Gasteiger charge is 2.15. The van der Waals surface area contributed by atoms with Crippen molar-refractivity contribution in [2.75, 3.05) is 18.5 Å². The molecular formula is C7H12N4O2S. The zero-order valence-corrected chi connectivity index (χ0v) is 8.80. The van der Waals surface area contributed by atoms with Gasteiger partial charge >= 0.3 is 0 Å². The minimum absolute atomic E-state index is 0.0132. The number of thioether (sulfide) groups is 1. The number of hydrogen-bond acceptors (Lipinski definition) is 6. The van der Waals surface area contributed by atoms with Gasteiger partial charge in [0.05, 0.1) is 0 Å². The molecule has 0 bridgehead atoms. The van der Waals surface area contributed by atoms with E-state index >= 15 is 0 Å². The van der Waals surface area contributed by atoms with Crippen LogP contribution in [0.4, 0.5) is 5.82 Å². The van der Waals surface area contributed by atoms with Crippen molar-refractivity contribution in [3.05, 3.63) is 5.69 Å². The fourth-order valence-electron chi connectivity index (χ4n) is 0.756. The largest absolute Gasteiger partial charge is 0.379 e. The average molecular weight is 216 g/mol. The van der Waals surface area contributed by atoms with Crippen LogP contribution in [0.3, 0.4) is 0 Å². The van der Waals surface area contributed by atoms with Crippen LogP contribution in [0.15, 0.2) is 4.63 Å². The number of nitrogens with one attached hydrogen (secondary N) is 1. The number of anilines is 1. The Hall–Kier alpha value is -1.24. The number of carbonyl (C=O) groups excluding carboxylic acids is 1. The van der Waals surface area contributed by atoms with Gasteiger partial charge in [0.1, 0.15) is 0 Å². The molecule has 0 aliphatic rings. The lowest BCUT2D eigenvalue weighted by molar-refractivity contribution is 0.0945. The molecule has 1 aromatic rings. The highest BCUT2D eigenvalue weighted by atomic mass is 32.2. The number of nitrogens with zero attached hydrogens (tertiary/aromatic N) is 2. The van der Waals surface area contributed by atoms with Crippen molar-refractivity contribution in [3.63, 3.8) is 0 Å². The van der Waals surface area contributed by atoms with E-state index in [0.717, 1.165) is 0 Å². The molecule has 1 atom stereocenters. The van der Waals surface area contributed by atoms with Crippen molar-refractivity contribution >= 4 is 23.5 Å². The Morgan fingerprint density at radius 3 is 2.93 bits per heavy atom. The quantitative estimate of drug-likeness (QED) is 0.743. The minimum atomic E-state index is -0.357. The fraction of sp³-hybridized carbons (Fsp3) is 0.571. The third-order valence-electron chi connectivity index (χ3n) is 1.68. The smallest absolute Gasteiger partial charge is 0.277 e. The lowest BCUT2D eigenvalue weighted by Gasteiger charge is -2.07. The van der Waals surface area contributed by atoms with Crippen molar-refractivity contribution < 1.29 is 9.42 Å². The molecule has 3 N–H and O–H groups in total. The lowest BCUT2D eigenvalue weighted by Crippen LogP contribution is -2.30. The normalized spacial score (nSPS) is 12.4. The Kier molecular flexibility index (Phi) is 3.75. The molecule has 1 heterocycles. The van der Waals surface area contributed by atoms with E-state index in [-0.39, 0.29) is 17.4 Å². The number of rotatable bonds is 4. The predicted molar refractivity (Wildman–Crippen MR) is 54.0 cm³/mol. The monoisotopic (exact) mass is 216 g/mol. The van der Waals surface area contributed by atoms with Gasteiger partial charge in [-0.05, 0) is 16.6 Å². The van der Waals surface area contributed by atoms with Gasteiger partial charge in [0, 0.05) is 11.8 Å². The van der Waals surface area contributed by atoms with Gasteiger partial charge in [-0.15, -0.1) is 0 Å². The van der Waals surface area contributed by atoms with Crippen LogP contribution in [0.1, 0.15) is 17.4 Å². The van der Waals surface area contributed by atoms with Crippen LogP contribution in [0.5, 0.6) is 0 Å². The molecule has 1 rings (SSSR count). The molecule has 14 heavy (non-hydrogen) atoms. The first-order valence-corrected chi connectivity index (χ1v) is 5.33. The maximum atomic E-state index is 11.4. The van der Waals surface area contributed by atoms with Crippen LogP contribution >= 0.6 is 11.8 Å². The molecule has 0 aliphatic carbocycles. The maximum absolute atomic E-state index is 11.4. The second-order valence-corrected chi connectivity index (χ2v) is 4.03. The molecule has 78 valence electrons. The fourth-order valence-corrected chi connectivity index (χ4v) is 1.01. The Morgan fingerprint density at radius 2 is 2.43 bits per heavy atom. The lowest BCUT2D eigenvalue weighted by atomic mass is 10.4. The SMILES string of the molecule is CSC(C)CNC(=O)c1nonc1N. The predicted octanol–water partition coefficient (Wildman–Crippen LogP) is 0.133. The molecule has 0 radical (unpaired) electrons. The van der Waals surface area contributed by atoms with Gasteiger partial charge in [0.25, 0.3) is 5.91 Å². The van der Waals surface area contributed by atoms with Crippen LogP contribution in [0.25, 0.3) is 0 Å². The third-order valence-corrected chi connectivity index (χ3v) is 2.65. The van der Waals surface area contributed by atoms with Gasteiger partial charge < -0.3 is 11.1 Å². The second-order valence-electron chi connectivity index (χ2n) is 2.75. The van der Waals surface area contributed by atoms with Crippen LogP contribution < -0.4 is 11.1 Å². The Morgan fingerprint density at radius 1 is 1.71 bits per heavy atom. The molecule has 0 aliphatic heterocycles. The summed E-state index contributed by atoms with van der Waals surface area (Å²) in [5, 5.41) is 9.72. The topological polar surface area (TPSA) is 94.0 Å².